The van der Waals surface area contributed by atoms with Gasteiger partial charge in [-0.3, -0.25) is 0 Å². The van der Waals surface area contributed by atoms with Gasteiger partial charge in [-0.15, -0.1) is 0 Å². The number of allylic oxidation sites excluding steroid dienone is 4. The maximum atomic E-state index is 2.38. The Balaban J connectivity index is 4.04. The Morgan fingerprint density at radius 2 is 1.55 bits per heavy atom. The Morgan fingerprint density at radius 1 is 0.850 bits per heavy atom. The summed E-state index contributed by atoms with van der Waals surface area (Å²) in [7, 11) is 0. The summed E-state index contributed by atoms with van der Waals surface area (Å²) in [5.41, 5.74) is 0.473. The molecule has 20 heavy (non-hydrogen) atoms. The van der Waals surface area contributed by atoms with E-state index < -0.39 is 0 Å². The van der Waals surface area contributed by atoms with Crippen LogP contribution in [0.5, 0.6) is 0 Å². The fourth-order valence-corrected chi connectivity index (χ4v) is 2.80. The summed E-state index contributed by atoms with van der Waals surface area (Å²) in [4.78, 5) is 0. The predicted molar refractivity (Wildman–Crippen MR) is 94.1 cm³/mol. The molecule has 0 nitrogen and oxygen atoms in total. The van der Waals surface area contributed by atoms with E-state index >= 15 is 0 Å². The van der Waals surface area contributed by atoms with Crippen molar-refractivity contribution in [1.29, 1.82) is 0 Å². The zero-order valence-corrected chi connectivity index (χ0v) is 14.8. The van der Waals surface area contributed by atoms with Gasteiger partial charge in [0, 0.05) is 0 Å². The van der Waals surface area contributed by atoms with Crippen LogP contribution in [-0.4, -0.2) is 0 Å². The molecule has 0 saturated heterocycles. The first-order valence-corrected chi connectivity index (χ1v) is 8.81. The topological polar surface area (TPSA) is 0 Å². The summed E-state index contributed by atoms with van der Waals surface area (Å²) in [6.45, 7) is 11.6. The van der Waals surface area contributed by atoms with Crippen molar-refractivity contribution in [1.82, 2.24) is 0 Å². The SMILES string of the molecule is CC/C=C/C=C/CCC(CCCCCC)CC(C)(C)C. The number of rotatable bonds is 11. The van der Waals surface area contributed by atoms with Crippen molar-refractivity contribution in [2.24, 2.45) is 11.3 Å². The molecule has 118 valence electrons. The van der Waals surface area contributed by atoms with Crippen molar-refractivity contribution in [3.8, 4) is 0 Å². The Bertz CT molecular complexity index is 252. The fourth-order valence-electron chi connectivity index (χ4n) is 2.80. The highest BCUT2D eigenvalue weighted by atomic mass is 14.2. The second kappa shape index (κ2) is 12.2. The molecule has 0 aromatic heterocycles. The fraction of sp³-hybridized carbons (Fsp3) is 0.800. The van der Waals surface area contributed by atoms with Gasteiger partial charge in [0.25, 0.3) is 0 Å². The summed E-state index contributed by atoms with van der Waals surface area (Å²) >= 11 is 0. The van der Waals surface area contributed by atoms with E-state index in [9.17, 15) is 0 Å². The minimum absolute atomic E-state index is 0.473. The summed E-state index contributed by atoms with van der Waals surface area (Å²) < 4.78 is 0. The lowest BCUT2D eigenvalue weighted by Gasteiger charge is -2.26. The molecule has 0 N–H and O–H groups in total. The Morgan fingerprint density at radius 3 is 2.15 bits per heavy atom. The third-order valence-electron chi connectivity index (χ3n) is 3.73. The van der Waals surface area contributed by atoms with Gasteiger partial charge < -0.3 is 0 Å². The number of hydrogen-bond donors (Lipinski definition) is 0. The van der Waals surface area contributed by atoms with Gasteiger partial charge in [0.15, 0.2) is 0 Å². The predicted octanol–water partition coefficient (Wildman–Crippen LogP) is 7.31. The lowest BCUT2D eigenvalue weighted by Crippen LogP contribution is -2.13. The van der Waals surface area contributed by atoms with E-state index in [0.29, 0.717) is 5.41 Å². The molecule has 0 heteroatoms. The second-order valence-electron chi connectivity index (χ2n) is 7.32. The van der Waals surface area contributed by atoms with Crippen molar-refractivity contribution < 1.29 is 0 Å². The molecule has 0 heterocycles. The first kappa shape index (κ1) is 19.5. The lowest BCUT2D eigenvalue weighted by atomic mass is 9.80. The van der Waals surface area contributed by atoms with Crippen LogP contribution < -0.4 is 0 Å². The first-order valence-electron chi connectivity index (χ1n) is 8.81. The summed E-state index contributed by atoms with van der Waals surface area (Å²) in [5.74, 6) is 0.909. The highest BCUT2D eigenvalue weighted by Crippen LogP contribution is 2.30. The van der Waals surface area contributed by atoms with Crippen LogP contribution in [0.15, 0.2) is 24.3 Å². The quantitative estimate of drug-likeness (QED) is 0.274. The molecule has 0 amide bonds. The normalized spacial score (nSPS) is 14.4. The summed E-state index contributed by atoms with van der Waals surface area (Å²) in [5, 5.41) is 0. The molecular formula is C20H38. The molecular weight excluding hydrogens is 240 g/mol. The smallest absolute Gasteiger partial charge is 0.0345 e. The van der Waals surface area contributed by atoms with Crippen LogP contribution in [0.2, 0.25) is 0 Å². The molecule has 0 bridgehead atoms. The number of hydrogen-bond acceptors (Lipinski definition) is 0. The van der Waals surface area contributed by atoms with Gasteiger partial charge in [-0.25, -0.2) is 0 Å². The van der Waals surface area contributed by atoms with Crippen molar-refractivity contribution in [3.63, 3.8) is 0 Å². The molecule has 0 spiro atoms. The molecule has 0 fully saturated rings. The Hall–Kier alpha value is -0.520. The van der Waals surface area contributed by atoms with E-state index in [-0.39, 0.29) is 0 Å². The monoisotopic (exact) mass is 278 g/mol. The molecule has 0 aromatic rings. The van der Waals surface area contributed by atoms with Crippen LogP contribution >= 0.6 is 0 Å². The van der Waals surface area contributed by atoms with Crippen LogP contribution in [-0.2, 0) is 0 Å². The van der Waals surface area contributed by atoms with Crippen molar-refractivity contribution >= 4 is 0 Å². The van der Waals surface area contributed by atoms with Gasteiger partial charge >= 0.3 is 0 Å². The maximum absolute atomic E-state index is 2.38. The van der Waals surface area contributed by atoms with E-state index in [2.05, 4.69) is 58.9 Å². The molecule has 0 saturated carbocycles. The average Bonchev–Trinajstić information content (AvgIpc) is 2.36. The van der Waals surface area contributed by atoms with E-state index in [1.165, 1.54) is 51.4 Å². The van der Waals surface area contributed by atoms with Gasteiger partial charge in [0.1, 0.15) is 0 Å². The van der Waals surface area contributed by atoms with Gasteiger partial charge in [-0.2, -0.15) is 0 Å². The minimum Gasteiger partial charge on any atom is -0.0848 e. The molecule has 0 radical (unpaired) electrons. The van der Waals surface area contributed by atoms with Crippen LogP contribution in [0.25, 0.3) is 0 Å². The van der Waals surface area contributed by atoms with Gasteiger partial charge in [0.05, 0.1) is 0 Å². The van der Waals surface area contributed by atoms with Crippen molar-refractivity contribution in [2.45, 2.75) is 92.4 Å². The highest BCUT2D eigenvalue weighted by molar-refractivity contribution is 5.01. The highest BCUT2D eigenvalue weighted by Gasteiger charge is 2.17. The third kappa shape index (κ3) is 13.9. The van der Waals surface area contributed by atoms with E-state index in [4.69, 9.17) is 0 Å². The first-order chi connectivity index (χ1) is 9.49. The molecule has 0 aromatic carbocycles. The van der Waals surface area contributed by atoms with Crippen molar-refractivity contribution in [3.05, 3.63) is 24.3 Å². The van der Waals surface area contributed by atoms with E-state index in [1.807, 2.05) is 0 Å². The van der Waals surface area contributed by atoms with E-state index in [1.54, 1.807) is 0 Å². The molecule has 0 aliphatic carbocycles. The number of unbranched alkanes of at least 4 members (excludes halogenated alkanes) is 3. The molecule has 1 atom stereocenters. The van der Waals surface area contributed by atoms with Gasteiger partial charge in [0.2, 0.25) is 0 Å². The zero-order chi connectivity index (χ0) is 15.3. The lowest BCUT2D eigenvalue weighted by molar-refractivity contribution is 0.266. The van der Waals surface area contributed by atoms with Crippen LogP contribution in [0.1, 0.15) is 92.4 Å². The maximum Gasteiger partial charge on any atom is -0.0345 e. The molecule has 0 aliphatic rings. The largest absolute Gasteiger partial charge is 0.0848 e. The second-order valence-corrected chi connectivity index (χ2v) is 7.32. The standard InChI is InChI=1S/C20H38/c1-6-8-10-12-13-15-17-19(18-20(3,4)5)16-14-11-9-7-2/h8,10,12-13,19H,6-7,9,11,14-18H2,1-5H3/b10-8+,13-12+. The van der Waals surface area contributed by atoms with Gasteiger partial charge in [-0.1, -0.05) is 91.0 Å². The molecule has 1 unspecified atom stereocenters. The summed E-state index contributed by atoms with van der Waals surface area (Å²) in [6, 6.07) is 0. The van der Waals surface area contributed by atoms with Gasteiger partial charge in [-0.05, 0) is 37.0 Å². The molecule has 0 aliphatic heterocycles. The summed E-state index contributed by atoms with van der Waals surface area (Å²) in [6.07, 6.45) is 21.1. The van der Waals surface area contributed by atoms with E-state index in [0.717, 1.165) is 12.3 Å². The molecule has 0 rings (SSSR count). The van der Waals surface area contributed by atoms with Crippen LogP contribution in [0.4, 0.5) is 0 Å². The third-order valence-corrected chi connectivity index (χ3v) is 3.73. The average molecular weight is 279 g/mol. The zero-order valence-electron chi connectivity index (χ0n) is 14.8. The van der Waals surface area contributed by atoms with Crippen LogP contribution in [0, 0.1) is 11.3 Å². The minimum atomic E-state index is 0.473. The Kier molecular flexibility index (Phi) is 11.9. The Labute approximate surface area is 128 Å². The van der Waals surface area contributed by atoms with Crippen molar-refractivity contribution in [2.75, 3.05) is 0 Å². The van der Waals surface area contributed by atoms with Crippen LogP contribution in [0.3, 0.4) is 0 Å².